The summed E-state index contributed by atoms with van der Waals surface area (Å²) in [4.78, 5) is 19.5. The minimum absolute atomic E-state index is 0.222. The lowest BCUT2D eigenvalue weighted by Gasteiger charge is -2.03. The van der Waals surface area contributed by atoms with Crippen molar-refractivity contribution < 1.29 is 9.53 Å². The maximum atomic E-state index is 11.3. The number of hydrogen-bond acceptors (Lipinski definition) is 5. The third-order valence-corrected chi connectivity index (χ3v) is 2.19. The molecular weight excluding hydrogens is 218 g/mol. The van der Waals surface area contributed by atoms with Gasteiger partial charge in [-0.05, 0) is 18.2 Å². The van der Waals surface area contributed by atoms with E-state index in [0.717, 1.165) is 5.56 Å². The fourth-order valence-corrected chi connectivity index (χ4v) is 1.39. The Morgan fingerprint density at radius 2 is 2.18 bits per heavy atom. The largest absolute Gasteiger partial charge is 0.464 e. The first-order valence-electron chi connectivity index (χ1n) is 4.98. The lowest BCUT2D eigenvalue weighted by molar-refractivity contribution is 0.0594. The van der Waals surface area contributed by atoms with E-state index in [0.29, 0.717) is 11.5 Å². The fraction of sp³-hybridized carbons (Fsp3) is 0.0833. The number of nitrogens with zero attached hydrogens (tertiary/aromatic N) is 2. The van der Waals surface area contributed by atoms with Gasteiger partial charge in [0.1, 0.15) is 0 Å². The van der Waals surface area contributed by atoms with Gasteiger partial charge in [0.25, 0.3) is 0 Å². The van der Waals surface area contributed by atoms with Crippen LogP contribution in [0.4, 0.5) is 5.69 Å². The number of carbonyl (C=O) groups excluding carboxylic acids is 1. The van der Waals surface area contributed by atoms with Gasteiger partial charge >= 0.3 is 5.97 Å². The highest BCUT2D eigenvalue weighted by Gasteiger charge is 2.09. The Labute approximate surface area is 98.3 Å². The molecule has 0 bridgehead atoms. The number of nitrogen functional groups attached to an aromatic ring is 1. The molecule has 0 saturated carbocycles. The van der Waals surface area contributed by atoms with E-state index in [4.69, 9.17) is 5.73 Å². The fourth-order valence-electron chi connectivity index (χ4n) is 1.39. The predicted octanol–water partition coefficient (Wildman–Crippen LogP) is 1.51. The summed E-state index contributed by atoms with van der Waals surface area (Å²) in [6.07, 6.45) is 1.51. The van der Waals surface area contributed by atoms with Crippen LogP contribution in [-0.4, -0.2) is 23.0 Å². The van der Waals surface area contributed by atoms with Crippen molar-refractivity contribution in [2.75, 3.05) is 12.8 Å². The second-order valence-corrected chi connectivity index (χ2v) is 3.38. The molecule has 2 aromatic rings. The van der Waals surface area contributed by atoms with Crippen molar-refractivity contribution in [3.8, 4) is 11.4 Å². The van der Waals surface area contributed by atoms with Crippen LogP contribution in [0.2, 0.25) is 0 Å². The van der Waals surface area contributed by atoms with Crippen molar-refractivity contribution in [2.24, 2.45) is 0 Å². The van der Waals surface area contributed by atoms with Crippen LogP contribution < -0.4 is 5.73 Å². The highest BCUT2D eigenvalue weighted by atomic mass is 16.5. The van der Waals surface area contributed by atoms with Gasteiger partial charge in [0.05, 0.1) is 7.11 Å². The second kappa shape index (κ2) is 4.61. The van der Waals surface area contributed by atoms with Crippen LogP contribution in [0.25, 0.3) is 11.4 Å². The molecule has 0 atom stereocenters. The predicted molar refractivity (Wildman–Crippen MR) is 63.2 cm³/mol. The zero-order valence-electron chi connectivity index (χ0n) is 9.25. The van der Waals surface area contributed by atoms with Gasteiger partial charge in [-0.2, -0.15) is 0 Å². The molecule has 0 aliphatic rings. The van der Waals surface area contributed by atoms with E-state index in [1.807, 2.05) is 6.07 Å². The molecule has 1 aromatic carbocycles. The first-order chi connectivity index (χ1) is 8.20. The summed E-state index contributed by atoms with van der Waals surface area (Å²) in [6.45, 7) is 0. The van der Waals surface area contributed by atoms with E-state index in [-0.39, 0.29) is 5.69 Å². The third kappa shape index (κ3) is 2.39. The molecule has 1 aromatic heterocycles. The average Bonchev–Trinajstić information content (AvgIpc) is 2.38. The maximum absolute atomic E-state index is 11.3. The lowest BCUT2D eigenvalue weighted by atomic mass is 10.2. The molecule has 0 fully saturated rings. The number of ether oxygens (including phenoxy) is 1. The first-order valence-corrected chi connectivity index (χ1v) is 4.98. The van der Waals surface area contributed by atoms with Crippen molar-refractivity contribution in [1.82, 2.24) is 9.97 Å². The van der Waals surface area contributed by atoms with Crippen LogP contribution >= 0.6 is 0 Å². The van der Waals surface area contributed by atoms with Crippen LogP contribution in [0, 0.1) is 0 Å². The summed E-state index contributed by atoms with van der Waals surface area (Å²) in [7, 11) is 1.31. The molecule has 0 radical (unpaired) electrons. The highest BCUT2D eigenvalue weighted by molar-refractivity contribution is 5.87. The maximum Gasteiger partial charge on any atom is 0.356 e. The van der Waals surface area contributed by atoms with Crippen LogP contribution in [-0.2, 0) is 4.74 Å². The topological polar surface area (TPSA) is 78.1 Å². The van der Waals surface area contributed by atoms with Crippen LogP contribution in [0.3, 0.4) is 0 Å². The van der Waals surface area contributed by atoms with Crippen molar-refractivity contribution in [1.29, 1.82) is 0 Å². The van der Waals surface area contributed by atoms with Crippen LogP contribution in [0.15, 0.2) is 36.5 Å². The summed E-state index contributed by atoms with van der Waals surface area (Å²) in [6, 6.07) is 8.65. The molecule has 86 valence electrons. The number of anilines is 1. The molecule has 0 amide bonds. The molecular formula is C12H11N3O2. The Bertz CT molecular complexity index is 555. The Balaban J connectivity index is 2.43. The van der Waals surface area contributed by atoms with Gasteiger partial charge in [0.15, 0.2) is 11.5 Å². The van der Waals surface area contributed by atoms with E-state index in [9.17, 15) is 4.79 Å². The van der Waals surface area contributed by atoms with Crippen LogP contribution in [0.5, 0.6) is 0 Å². The molecule has 1 heterocycles. The summed E-state index contributed by atoms with van der Waals surface area (Å²) in [5.74, 6) is -0.0437. The van der Waals surface area contributed by atoms with Gasteiger partial charge < -0.3 is 10.5 Å². The van der Waals surface area contributed by atoms with E-state index < -0.39 is 5.97 Å². The summed E-state index contributed by atoms with van der Waals surface area (Å²) in [5, 5.41) is 0. The Kier molecular flexibility index (Phi) is 3.00. The molecule has 5 nitrogen and oxygen atoms in total. The number of hydrogen-bond donors (Lipinski definition) is 1. The Morgan fingerprint density at radius 3 is 2.88 bits per heavy atom. The standard InChI is InChI=1S/C12H11N3O2/c1-17-12(16)10-5-6-14-11(15-10)8-3-2-4-9(13)7-8/h2-7H,13H2,1H3. The molecule has 2 N–H and O–H groups in total. The number of esters is 1. The average molecular weight is 229 g/mol. The minimum atomic E-state index is -0.488. The van der Waals surface area contributed by atoms with Gasteiger partial charge in [-0.15, -0.1) is 0 Å². The Hall–Kier alpha value is -2.43. The van der Waals surface area contributed by atoms with Gasteiger partial charge in [-0.3, -0.25) is 0 Å². The molecule has 0 spiro atoms. The van der Waals surface area contributed by atoms with Gasteiger partial charge in [0, 0.05) is 17.4 Å². The smallest absolute Gasteiger partial charge is 0.356 e. The molecule has 17 heavy (non-hydrogen) atoms. The number of nitrogens with two attached hydrogens (primary N) is 1. The van der Waals surface area contributed by atoms with Crippen molar-refractivity contribution in [3.63, 3.8) is 0 Å². The number of carbonyl (C=O) groups is 1. The molecule has 0 unspecified atom stereocenters. The van der Waals surface area contributed by atoms with Gasteiger partial charge in [-0.1, -0.05) is 12.1 Å². The third-order valence-electron chi connectivity index (χ3n) is 2.19. The zero-order valence-corrected chi connectivity index (χ0v) is 9.25. The summed E-state index contributed by atoms with van der Waals surface area (Å²) >= 11 is 0. The molecule has 0 aliphatic heterocycles. The molecule has 5 heteroatoms. The molecule has 0 saturated heterocycles. The van der Waals surface area contributed by atoms with Crippen molar-refractivity contribution >= 4 is 11.7 Å². The summed E-state index contributed by atoms with van der Waals surface area (Å²) < 4.78 is 4.60. The minimum Gasteiger partial charge on any atom is -0.464 e. The Morgan fingerprint density at radius 1 is 1.35 bits per heavy atom. The van der Waals surface area contributed by atoms with Gasteiger partial charge in [0.2, 0.25) is 0 Å². The van der Waals surface area contributed by atoms with E-state index in [2.05, 4.69) is 14.7 Å². The van der Waals surface area contributed by atoms with E-state index >= 15 is 0 Å². The zero-order chi connectivity index (χ0) is 12.3. The first kappa shape index (κ1) is 11.1. The second-order valence-electron chi connectivity index (χ2n) is 3.38. The normalized spacial score (nSPS) is 9.94. The SMILES string of the molecule is COC(=O)c1ccnc(-c2cccc(N)c2)n1. The number of benzene rings is 1. The number of aromatic nitrogens is 2. The monoisotopic (exact) mass is 229 g/mol. The van der Waals surface area contributed by atoms with E-state index in [1.54, 1.807) is 18.2 Å². The molecule has 2 rings (SSSR count). The van der Waals surface area contributed by atoms with Crippen molar-refractivity contribution in [2.45, 2.75) is 0 Å². The van der Waals surface area contributed by atoms with Crippen molar-refractivity contribution in [3.05, 3.63) is 42.2 Å². The van der Waals surface area contributed by atoms with E-state index in [1.165, 1.54) is 19.4 Å². The highest BCUT2D eigenvalue weighted by Crippen LogP contribution is 2.17. The lowest BCUT2D eigenvalue weighted by Crippen LogP contribution is -2.05. The number of methoxy groups -OCH3 is 1. The number of rotatable bonds is 2. The quantitative estimate of drug-likeness (QED) is 0.623. The molecule has 0 aliphatic carbocycles. The van der Waals surface area contributed by atoms with Crippen LogP contribution in [0.1, 0.15) is 10.5 Å². The summed E-state index contributed by atoms with van der Waals surface area (Å²) in [5.41, 5.74) is 7.27. The van der Waals surface area contributed by atoms with Gasteiger partial charge in [-0.25, -0.2) is 14.8 Å².